The zero-order valence-corrected chi connectivity index (χ0v) is 16.1. The first kappa shape index (κ1) is 20.2. The number of likely N-dealkylation sites (tertiary alicyclic amines) is 1. The van der Waals surface area contributed by atoms with Crippen LogP contribution in [-0.2, 0) is 14.8 Å². The van der Waals surface area contributed by atoms with Crippen LogP contribution in [0.25, 0.3) is 0 Å². The summed E-state index contributed by atoms with van der Waals surface area (Å²) >= 11 is 0. The second kappa shape index (κ2) is 10.1. The molecule has 0 aliphatic carbocycles. The normalized spacial score (nSPS) is 19.0. The van der Waals surface area contributed by atoms with Crippen molar-refractivity contribution in [1.29, 1.82) is 0 Å². The lowest BCUT2D eigenvalue weighted by Crippen LogP contribution is -2.40. The van der Waals surface area contributed by atoms with E-state index in [1.54, 1.807) is 24.3 Å². The van der Waals surface area contributed by atoms with Gasteiger partial charge in [0.1, 0.15) is 12.4 Å². The number of sulfonamides is 1. The van der Waals surface area contributed by atoms with Gasteiger partial charge in [0.05, 0.1) is 11.5 Å². The van der Waals surface area contributed by atoms with Crippen molar-refractivity contribution < 1.29 is 17.9 Å². The van der Waals surface area contributed by atoms with E-state index in [9.17, 15) is 8.42 Å². The molecule has 1 aliphatic rings. The maximum Gasteiger partial charge on any atom is 0.240 e. The Balaban J connectivity index is 1.84. The Bertz CT molecular complexity index is 604. The average molecular weight is 371 g/mol. The van der Waals surface area contributed by atoms with Crippen molar-refractivity contribution in [2.45, 2.75) is 31.6 Å². The van der Waals surface area contributed by atoms with Crippen molar-refractivity contribution in [3.8, 4) is 5.75 Å². The predicted molar refractivity (Wildman–Crippen MR) is 98.5 cm³/mol. The molecule has 0 radical (unpaired) electrons. The van der Waals surface area contributed by atoms with Crippen LogP contribution in [0.3, 0.4) is 0 Å². The van der Waals surface area contributed by atoms with Gasteiger partial charge in [-0.05, 0) is 63.0 Å². The van der Waals surface area contributed by atoms with E-state index in [1.165, 1.54) is 0 Å². The molecule has 25 heavy (non-hydrogen) atoms. The average Bonchev–Trinajstić information content (AvgIpc) is 2.64. The van der Waals surface area contributed by atoms with Crippen LogP contribution in [0.2, 0.25) is 0 Å². The topological polar surface area (TPSA) is 67.9 Å². The van der Waals surface area contributed by atoms with Crippen LogP contribution in [0, 0.1) is 5.92 Å². The van der Waals surface area contributed by atoms with Gasteiger partial charge in [0.15, 0.2) is 0 Å². The molecule has 0 spiro atoms. The molecule has 0 bridgehead atoms. The molecule has 1 aliphatic heterocycles. The third-order valence-electron chi connectivity index (χ3n) is 4.45. The van der Waals surface area contributed by atoms with Gasteiger partial charge in [-0.1, -0.05) is 6.92 Å². The van der Waals surface area contributed by atoms with Crippen molar-refractivity contribution >= 4 is 10.0 Å². The van der Waals surface area contributed by atoms with Crippen molar-refractivity contribution in [3.05, 3.63) is 24.3 Å². The van der Waals surface area contributed by atoms with Crippen LogP contribution in [0.15, 0.2) is 29.2 Å². The van der Waals surface area contributed by atoms with Crippen LogP contribution in [0.1, 0.15) is 26.7 Å². The molecule has 1 saturated heterocycles. The number of rotatable bonds is 10. The molecule has 1 aromatic carbocycles. The summed E-state index contributed by atoms with van der Waals surface area (Å²) in [5, 5.41) is 0. The van der Waals surface area contributed by atoms with Gasteiger partial charge in [0, 0.05) is 19.7 Å². The number of benzene rings is 1. The van der Waals surface area contributed by atoms with Crippen LogP contribution < -0.4 is 9.46 Å². The number of nitrogens with zero attached hydrogens (tertiary/aromatic N) is 1. The van der Waals surface area contributed by atoms with E-state index in [-0.39, 0.29) is 4.90 Å². The highest BCUT2D eigenvalue weighted by Crippen LogP contribution is 2.18. The molecule has 6 nitrogen and oxygen atoms in total. The lowest BCUT2D eigenvalue weighted by Gasteiger charge is -2.31. The molecular weight excluding hydrogens is 340 g/mol. The third-order valence-corrected chi connectivity index (χ3v) is 5.89. The summed E-state index contributed by atoms with van der Waals surface area (Å²) in [7, 11) is -3.48. The third kappa shape index (κ3) is 6.58. The predicted octanol–water partition coefficient (Wildman–Crippen LogP) is 2.11. The molecule has 0 aromatic heterocycles. The lowest BCUT2D eigenvalue weighted by molar-refractivity contribution is 0.110. The number of hydrogen-bond acceptors (Lipinski definition) is 5. The summed E-state index contributed by atoms with van der Waals surface area (Å²) < 4.78 is 38.4. The van der Waals surface area contributed by atoms with E-state index in [0.29, 0.717) is 38.0 Å². The number of ether oxygens (including phenoxy) is 2. The maximum atomic E-state index is 12.5. The Morgan fingerprint density at radius 1 is 1.20 bits per heavy atom. The van der Waals surface area contributed by atoms with Gasteiger partial charge in [-0.2, -0.15) is 0 Å². The summed E-state index contributed by atoms with van der Waals surface area (Å²) in [6.45, 7) is 9.30. The lowest BCUT2D eigenvalue weighted by atomic mass is 9.98. The number of piperidine rings is 1. The van der Waals surface area contributed by atoms with Gasteiger partial charge in [-0.15, -0.1) is 0 Å². The fourth-order valence-corrected chi connectivity index (χ4v) is 4.11. The molecule has 7 heteroatoms. The summed E-state index contributed by atoms with van der Waals surface area (Å²) in [6, 6.07) is 6.52. The smallest absolute Gasteiger partial charge is 0.240 e. The van der Waals surface area contributed by atoms with Gasteiger partial charge >= 0.3 is 0 Å². The molecule has 1 atom stereocenters. The van der Waals surface area contributed by atoms with Crippen molar-refractivity contribution in [1.82, 2.24) is 9.62 Å². The summed E-state index contributed by atoms with van der Waals surface area (Å²) in [6.07, 6.45) is 2.21. The first-order valence-corrected chi connectivity index (χ1v) is 10.6. The Morgan fingerprint density at radius 2 is 1.96 bits per heavy atom. The fourth-order valence-electron chi connectivity index (χ4n) is 2.99. The second-order valence-corrected chi connectivity index (χ2v) is 8.04. The van der Waals surface area contributed by atoms with Crippen molar-refractivity contribution in [2.75, 3.05) is 46.0 Å². The fraction of sp³-hybridized carbons (Fsp3) is 0.667. The quantitative estimate of drug-likeness (QED) is 0.639. The zero-order chi connectivity index (χ0) is 18.1. The molecule has 1 heterocycles. The molecule has 0 saturated carbocycles. The van der Waals surface area contributed by atoms with Crippen LogP contribution in [0.5, 0.6) is 5.75 Å². The second-order valence-electron chi connectivity index (χ2n) is 6.27. The Morgan fingerprint density at radius 3 is 2.64 bits per heavy atom. The van der Waals surface area contributed by atoms with Gasteiger partial charge in [0.25, 0.3) is 0 Å². The van der Waals surface area contributed by atoms with Gasteiger partial charge in [0.2, 0.25) is 10.0 Å². The monoisotopic (exact) mass is 370 g/mol. The minimum absolute atomic E-state index is 0.271. The van der Waals surface area contributed by atoms with Crippen LogP contribution >= 0.6 is 0 Å². The van der Waals surface area contributed by atoms with E-state index in [4.69, 9.17) is 9.47 Å². The number of hydrogen-bond donors (Lipinski definition) is 1. The first-order valence-electron chi connectivity index (χ1n) is 9.07. The summed E-state index contributed by atoms with van der Waals surface area (Å²) in [4.78, 5) is 2.64. The highest BCUT2D eigenvalue weighted by molar-refractivity contribution is 7.89. The van der Waals surface area contributed by atoms with E-state index >= 15 is 0 Å². The van der Waals surface area contributed by atoms with Crippen LogP contribution in [0.4, 0.5) is 0 Å². The molecule has 1 N–H and O–H groups in total. The summed E-state index contributed by atoms with van der Waals surface area (Å²) in [5.74, 6) is 1.02. The Labute approximate surface area is 151 Å². The van der Waals surface area contributed by atoms with E-state index in [0.717, 1.165) is 32.5 Å². The molecule has 142 valence electrons. The van der Waals surface area contributed by atoms with E-state index < -0.39 is 10.0 Å². The maximum absolute atomic E-state index is 12.5. The van der Waals surface area contributed by atoms with Gasteiger partial charge in [-0.25, -0.2) is 13.1 Å². The van der Waals surface area contributed by atoms with Crippen LogP contribution in [-0.4, -0.2) is 59.3 Å². The summed E-state index contributed by atoms with van der Waals surface area (Å²) in [5.41, 5.74) is 0. The highest BCUT2D eigenvalue weighted by atomic mass is 32.2. The molecule has 2 rings (SSSR count). The highest BCUT2D eigenvalue weighted by Gasteiger charge is 2.21. The van der Waals surface area contributed by atoms with Gasteiger partial charge in [-0.3, -0.25) is 0 Å². The van der Waals surface area contributed by atoms with Crippen molar-refractivity contribution in [3.63, 3.8) is 0 Å². The van der Waals surface area contributed by atoms with Gasteiger partial charge < -0.3 is 14.4 Å². The SMILES string of the molecule is CCOCCOc1ccc(S(=O)(=O)NCC2CCCN(CC)C2)cc1. The molecule has 0 amide bonds. The molecule has 1 fully saturated rings. The minimum Gasteiger partial charge on any atom is -0.491 e. The zero-order valence-electron chi connectivity index (χ0n) is 15.2. The molecule has 1 aromatic rings. The largest absolute Gasteiger partial charge is 0.491 e. The number of nitrogens with one attached hydrogen (secondary N) is 1. The van der Waals surface area contributed by atoms with Crippen molar-refractivity contribution in [2.24, 2.45) is 5.92 Å². The standard InChI is InChI=1S/C18H30N2O4S/c1-3-20-11-5-6-16(15-20)14-19-25(21,22)18-9-7-17(8-10-18)24-13-12-23-4-2/h7-10,16,19H,3-6,11-15H2,1-2H3. The first-order chi connectivity index (χ1) is 12.0. The van der Waals surface area contributed by atoms with E-state index in [2.05, 4.69) is 16.5 Å². The Hall–Kier alpha value is -1.15. The van der Waals surface area contributed by atoms with E-state index in [1.807, 2.05) is 6.92 Å². The minimum atomic E-state index is -3.48. The molecule has 1 unspecified atom stereocenters. The molecular formula is C18H30N2O4S. The Kier molecular flexibility index (Phi) is 8.15.